The van der Waals surface area contributed by atoms with E-state index >= 15 is 0 Å². The van der Waals surface area contributed by atoms with Crippen molar-refractivity contribution in [1.29, 1.82) is 0 Å². The van der Waals surface area contributed by atoms with Crippen LogP contribution in [0.2, 0.25) is 5.02 Å². The largest absolute Gasteiger partial charge is 0.496 e. The van der Waals surface area contributed by atoms with Crippen molar-refractivity contribution in [2.24, 2.45) is 11.8 Å². The number of hydrogen-bond acceptors (Lipinski definition) is 2. The van der Waals surface area contributed by atoms with Gasteiger partial charge in [-0.25, -0.2) is 0 Å². The molecule has 0 radical (unpaired) electrons. The van der Waals surface area contributed by atoms with Crippen molar-refractivity contribution in [3.8, 4) is 5.75 Å². The first kappa shape index (κ1) is 17.3. The first-order valence-electron chi connectivity index (χ1n) is 7.48. The van der Waals surface area contributed by atoms with Gasteiger partial charge in [0, 0.05) is 23.2 Å². The van der Waals surface area contributed by atoms with Gasteiger partial charge in [-0.05, 0) is 36.8 Å². The van der Waals surface area contributed by atoms with Gasteiger partial charge in [-0.15, -0.1) is 0 Å². The molecule has 3 heteroatoms. The molecule has 2 nitrogen and oxygen atoms in total. The molecule has 0 fully saturated rings. The molecule has 0 bridgehead atoms. The van der Waals surface area contributed by atoms with E-state index in [1.54, 1.807) is 7.11 Å². The summed E-state index contributed by atoms with van der Waals surface area (Å²) in [6, 6.07) is 6.32. The Morgan fingerprint density at radius 2 is 1.70 bits per heavy atom. The predicted molar refractivity (Wildman–Crippen MR) is 87.5 cm³/mol. The van der Waals surface area contributed by atoms with Crippen LogP contribution in [-0.4, -0.2) is 13.2 Å². The summed E-state index contributed by atoms with van der Waals surface area (Å²) in [7, 11) is 1.69. The summed E-state index contributed by atoms with van der Waals surface area (Å²) in [5.74, 6) is 2.25. The van der Waals surface area contributed by atoms with Crippen LogP contribution in [0.15, 0.2) is 18.2 Å². The molecule has 1 aromatic rings. The monoisotopic (exact) mass is 297 g/mol. The number of halogens is 1. The fourth-order valence-corrected chi connectivity index (χ4v) is 2.78. The van der Waals surface area contributed by atoms with E-state index in [2.05, 4.69) is 33.0 Å². The molecule has 20 heavy (non-hydrogen) atoms. The molecule has 0 aliphatic carbocycles. The van der Waals surface area contributed by atoms with Gasteiger partial charge in [0.05, 0.1) is 7.11 Å². The molecule has 0 aliphatic rings. The fourth-order valence-electron chi connectivity index (χ4n) is 2.55. The summed E-state index contributed by atoms with van der Waals surface area (Å²) in [5, 5.41) is 4.42. The maximum Gasteiger partial charge on any atom is 0.124 e. The first-order valence-corrected chi connectivity index (χ1v) is 7.86. The lowest BCUT2D eigenvalue weighted by molar-refractivity contribution is 0.353. The molecule has 0 heterocycles. The molecule has 0 aliphatic heterocycles. The molecular formula is C17H28ClNO. The second-order valence-corrected chi connectivity index (χ2v) is 6.66. The summed E-state index contributed by atoms with van der Waals surface area (Å²) in [6.07, 6.45) is 2.37. The number of ether oxygens (including phenoxy) is 1. The number of benzene rings is 1. The number of hydrogen-bond donors (Lipinski definition) is 1. The third kappa shape index (κ3) is 5.72. The second kappa shape index (κ2) is 8.53. The van der Waals surface area contributed by atoms with Crippen molar-refractivity contribution in [2.75, 3.05) is 7.11 Å². The molecule has 0 unspecified atom stereocenters. The van der Waals surface area contributed by atoms with Crippen LogP contribution in [0, 0.1) is 11.8 Å². The van der Waals surface area contributed by atoms with E-state index in [0.29, 0.717) is 17.9 Å². The summed E-state index contributed by atoms with van der Waals surface area (Å²) < 4.78 is 5.40. The van der Waals surface area contributed by atoms with E-state index < -0.39 is 0 Å². The van der Waals surface area contributed by atoms with Crippen molar-refractivity contribution >= 4 is 11.6 Å². The Morgan fingerprint density at radius 1 is 1.10 bits per heavy atom. The third-order valence-corrected chi connectivity index (χ3v) is 3.73. The lowest BCUT2D eigenvalue weighted by Gasteiger charge is -2.23. The van der Waals surface area contributed by atoms with Crippen LogP contribution in [-0.2, 0) is 6.54 Å². The molecule has 0 spiro atoms. The molecule has 0 atom stereocenters. The van der Waals surface area contributed by atoms with E-state index in [1.807, 2.05) is 18.2 Å². The molecular weight excluding hydrogens is 270 g/mol. The molecule has 1 rings (SSSR count). The molecule has 114 valence electrons. The maximum atomic E-state index is 6.28. The minimum atomic E-state index is 0.524. The normalized spacial score (nSPS) is 11.7. The first-order chi connectivity index (χ1) is 9.43. The van der Waals surface area contributed by atoms with Crippen molar-refractivity contribution in [3.63, 3.8) is 0 Å². The molecule has 0 amide bonds. The van der Waals surface area contributed by atoms with Crippen molar-refractivity contribution in [1.82, 2.24) is 5.32 Å². The van der Waals surface area contributed by atoms with E-state index in [4.69, 9.17) is 16.3 Å². The third-order valence-electron chi connectivity index (χ3n) is 3.38. The van der Waals surface area contributed by atoms with Gasteiger partial charge in [-0.3, -0.25) is 0 Å². The van der Waals surface area contributed by atoms with Crippen molar-refractivity contribution in [3.05, 3.63) is 28.8 Å². The Morgan fingerprint density at radius 3 is 2.20 bits per heavy atom. The second-order valence-electron chi connectivity index (χ2n) is 6.26. The number of rotatable bonds is 8. The van der Waals surface area contributed by atoms with Crippen LogP contribution in [0.3, 0.4) is 0 Å². The molecule has 0 saturated carbocycles. The highest BCUT2D eigenvalue weighted by Gasteiger charge is 2.14. The SMILES string of the molecule is COc1cccc(Cl)c1CNC(CC(C)C)CC(C)C. The molecule has 1 aromatic carbocycles. The average Bonchev–Trinajstić information content (AvgIpc) is 2.35. The fraction of sp³-hybridized carbons (Fsp3) is 0.647. The Bertz CT molecular complexity index is 394. The zero-order valence-electron chi connectivity index (χ0n) is 13.4. The summed E-state index contributed by atoms with van der Waals surface area (Å²) in [5.41, 5.74) is 1.05. The predicted octanol–water partition coefficient (Wildman–Crippen LogP) is 4.90. The quantitative estimate of drug-likeness (QED) is 0.737. The van der Waals surface area contributed by atoms with Crippen LogP contribution in [0.4, 0.5) is 0 Å². The van der Waals surface area contributed by atoms with Crippen LogP contribution in [0.25, 0.3) is 0 Å². The van der Waals surface area contributed by atoms with Gasteiger partial charge in [-0.1, -0.05) is 45.4 Å². The van der Waals surface area contributed by atoms with Crippen LogP contribution >= 0.6 is 11.6 Å². The number of methoxy groups -OCH3 is 1. The van der Waals surface area contributed by atoms with Gasteiger partial charge in [0.2, 0.25) is 0 Å². The van der Waals surface area contributed by atoms with Gasteiger partial charge in [0.15, 0.2) is 0 Å². The smallest absolute Gasteiger partial charge is 0.124 e. The highest BCUT2D eigenvalue weighted by atomic mass is 35.5. The molecule has 0 aromatic heterocycles. The van der Waals surface area contributed by atoms with Crippen molar-refractivity contribution < 1.29 is 4.74 Å². The number of nitrogens with one attached hydrogen (secondary N) is 1. The Labute approximate surface area is 128 Å². The van der Waals surface area contributed by atoms with Crippen LogP contribution in [0.1, 0.15) is 46.1 Å². The standard InChI is InChI=1S/C17H28ClNO/c1-12(2)9-14(10-13(3)4)19-11-15-16(18)7-6-8-17(15)20-5/h6-8,12-14,19H,9-11H2,1-5H3. The van der Waals surface area contributed by atoms with E-state index in [1.165, 1.54) is 12.8 Å². The molecule has 0 saturated heterocycles. The minimum Gasteiger partial charge on any atom is -0.496 e. The van der Waals surface area contributed by atoms with Gasteiger partial charge in [0.25, 0.3) is 0 Å². The van der Waals surface area contributed by atoms with Crippen LogP contribution in [0.5, 0.6) is 5.75 Å². The lowest BCUT2D eigenvalue weighted by atomic mass is 9.95. The zero-order valence-corrected chi connectivity index (χ0v) is 14.1. The Hall–Kier alpha value is -0.730. The Kier molecular flexibility index (Phi) is 7.39. The van der Waals surface area contributed by atoms with Crippen LogP contribution < -0.4 is 10.1 Å². The van der Waals surface area contributed by atoms with Gasteiger partial charge < -0.3 is 10.1 Å². The van der Waals surface area contributed by atoms with Gasteiger partial charge in [-0.2, -0.15) is 0 Å². The maximum absolute atomic E-state index is 6.28. The minimum absolute atomic E-state index is 0.524. The molecule has 1 N–H and O–H groups in total. The van der Waals surface area contributed by atoms with E-state index in [-0.39, 0.29) is 0 Å². The average molecular weight is 298 g/mol. The van der Waals surface area contributed by atoms with Crippen molar-refractivity contribution in [2.45, 2.75) is 53.1 Å². The van der Waals surface area contributed by atoms with E-state index in [9.17, 15) is 0 Å². The topological polar surface area (TPSA) is 21.3 Å². The summed E-state index contributed by atoms with van der Waals surface area (Å²) >= 11 is 6.28. The lowest BCUT2D eigenvalue weighted by Crippen LogP contribution is -2.31. The summed E-state index contributed by atoms with van der Waals surface area (Å²) in [6.45, 7) is 9.83. The highest BCUT2D eigenvalue weighted by molar-refractivity contribution is 6.31. The zero-order chi connectivity index (χ0) is 15.1. The summed E-state index contributed by atoms with van der Waals surface area (Å²) in [4.78, 5) is 0. The highest BCUT2D eigenvalue weighted by Crippen LogP contribution is 2.26. The Balaban J connectivity index is 2.71. The van der Waals surface area contributed by atoms with Gasteiger partial charge >= 0.3 is 0 Å². The van der Waals surface area contributed by atoms with E-state index in [0.717, 1.165) is 22.9 Å². The van der Waals surface area contributed by atoms with Gasteiger partial charge in [0.1, 0.15) is 5.75 Å².